The van der Waals surface area contributed by atoms with E-state index in [4.69, 9.17) is 18.6 Å². The van der Waals surface area contributed by atoms with E-state index in [1.54, 1.807) is 18.2 Å². The van der Waals surface area contributed by atoms with Crippen LogP contribution in [0.4, 0.5) is 0 Å². The standard InChI is InChI=1S/C23H22O6/c1-3-27-17-5-7-18(8-6-17)28-15-20-10-9-19(29-20)11-13-21(24)16-4-12-22(25)23(14-16)26-2/h4-14,25H,3,15H2,1-2H3/b13-11+. The van der Waals surface area contributed by atoms with Crippen LogP contribution in [-0.4, -0.2) is 24.6 Å². The first-order valence-electron chi connectivity index (χ1n) is 9.13. The Bertz CT molecular complexity index is 985. The minimum Gasteiger partial charge on any atom is -0.504 e. The highest BCUT2D eigenvalue weighted by molar-refractivity contribution is 6.07. The van der Waals surface area contributed by atoms with Crippen molar-refractivity contribution in [2.45, 2.75) is 13.5 Å². The third kappa shape index (κ3) is 5.42. The lowest BCUT2D eigenvalue weighted by Gasteiger charge is -2.06. The molecular weight excluding hydrogens is 372 g/mol. The fourth-order valence-corrected chi connectivity index (χ4v) is 2.60. The van der Waals surface area contributed by atoms with Crippen LogP contribution in [0.5, 0.6) is 23.0 Å². The molecule has 0 unspecified atom stereocenters. The largest absolute Gasteiger partial charge is 0.504 e. The first-order valence-corrected chi connectivity index (χ1v) is 9.13. The number of hydrogen-bond acceptors (Lipinski definition) is 6. The lowest BCUT2D eigenvalue weighted by Crippen LogP contribution is -1.95. The average molecular weight is 394 g/mol. The molecule has 29 heavy (non-hydrogen) atoms. The van der Waals surface area contributed by atoms with Gasteiger partial charge >= 0.3 is 0 Å². The Hall–Kier alpha value is -3.67. The maximum Gasteiger partial charge on any atom is 0.186 e. The molecular formula is C23H22O6. The molecule has 2 aromatic carbocycles. The highest BCUT2D eigenvalue weighted by Crippen LogP contribution is 2.26. The summed E-state index contributed by atoms with van der Waals surface area (Å²) in [7, 11) is 1.43. The summed E-state index contributed by atoms with van der Waals surface area (Å²) < 4.78 is 21.8. The number of methoxy groups -OCH3 is 1. The summed E-state index contributed by atoms with van der Waals surface area (Å²) in [6.45, 7) is 2.82. The van der Waals surface area contributed by atoms with Gasteiger partial charge in [-0.05, 0) is 73.7 Å². The zero-order valence-electron chi connectivity index (χ0n) is 16.3. The lowest BCUT2D eigenvalue weighted by molar-refractivity contribution is 0.104. The molecule has 0 spiro atoms. The van der Waals surface area contributed by atoms with Crippen molar-refractivity contribution in [2.24, 2.45) is 0 Å². The van der Waals surface area contributed by atoms with Crippen molar-refractivity contribution in [3.8, 4) is 23.0 Å². The number of furan rings is 1. The molecule has 6 heteroatoms. The van der Waals surface area contributed by atoms with Gasteiger partial charge in [-0.25, -0.2) is 0 Å². The number of hydrogen-bond donors (Lipinski definition) is 1. The number of phenols is 1. The molecule has 0 bridgehead atoms. The maximum absolute atomic E-state index is 12.3. The number of phenolic OH excluding ortho intramolecular Hbond substituents is 1. The minimum atomic E-state index is -0.230. The van der Waals surface area contributed by atoms with E-state index in [9.17, 15) is 9.90 Å². The van der Waals surface area contributed by atoms with Crippen molar-refractivity contribution in [3.05, 3.63) is 77.8 Å². The van der Waals surface area contributed by atoms with Crippen LogP contribution in [0, 0.1) is 0 Å². The van der Waals surface area contributed by atoms with Gasteiger partial charge in [-0.15, -0.1) is 0 Å². The highest BCUT2D eigenvalue weighted by Gasteiger charge is 2.08. The van der Waals surface area contributed by atoms with Gasteiger partial charge < -0.3 is 23.7 Å². The summed E-state index contributed by atoms with van der Waals surface area (Å²) in [6, 6.07) is 15.4. The number of ether oxygens (including phenoxy) is 3. The number of benzene rings is 2. The Morgan fingerprint density at radius 1 is 1.03 bits per heavy atom. The molecule has 0 aliphatic carbocycles. The van der Waals surface area contributed by atoms with Crippen LogP contribution in [0.3, 0.4) is 0 Å². The monoisotopic (exact) mass is 394 g/mol. The van der Waals surface area contributed by atoms with Crippen molar-refractivity contribution in [1.82, 2.24) is 0 Å². The van der Waals surface area contributed by atoms with E-state index in [0.29, 0.717) is 29.4 Å². The molecule has 3 rings (SSSR count). The topological polar surface area (TPSA) is 78.1 Å². The van der Waals surface area contributed by atoms with Crippen molar-refractivity contribution in [1.29, 1.82) is 0 Å². The van der Waals surface area contributed by atoms with E-state index in [1.807, 2.05) is 31.2 Å². The second-order valence-electron chi connectivity index (χ2n) is 6.08. The fraction of sp³-hybridized carbons (Fsp3) is 0.174. The second kappa shape index (κ2) is 9.50. The predicted molar refractivity (Wildman–Crippen MR) is 109 cm³/mol. The van der Waals surface area contributed by atoms with E-state index in [0.717, 1.165) is 5.75 Å². The smallest absolute Gasteiger partial charge is 0.186 e. The Morgan fingerprint density at radius 2 is 1.76 bits per heavy atom. The van der Waals surface area contributed by atoms with Crippen molar-refractivity contribution >= 4 is 11.9 Å². The zero-order chi connectivity index (χ0) is 20.6. The van der Waals surface area contributed by atoms with E-state index < -0.39 is 0 Å². The van der Waals surface area contributed by atoms with E-state index >= 15 is 0 Å². The SMILES string of the molecule is CCOc1ccc(OCc2ccc(/C=C/C(=O)c3ccc(O)c(OC)c3)o2)cc1. The van der Waals surface area contributed by atoms with Gasteiger partial charge in [0.2, 0.25) is 0 Å². The number of allylic oxidation sites excluding steroid dienone is 1. The molecule has 0 aliphatic heterocycles. The van der Waals surface area contributed by atoms with E-state index in [2.05, 4.69) is 0 Å². The molecule has 0 saturated carbocycles. The molecule has 1 heterocycles. The van der Waals surface area contributed by atoms with Crippen LogP contribution in [-0.2, 0) is 6.61 Å². The van der Waals surface area contributed by atoms with Gasteiger partial charge in [0.15, 0.2) is 17.3 Å². The van der Waals surface area contributed by atoms with Gasteiger partial charge in [0.05, 0.1) is 13.7 Å². The third-order valence-electron chi connectivity index (χ3n) is 4.06. The van der Waals surface area contributed by atoms with E-state index in [1.165, 1.54) is 31.4 Å². The van der Waals surface area contributed by atoms with Crippen LogP contribution in [0.1, 0.15) is 28.8 Å². The molecule has 150 valence electrons. The van der Waals surface area contributed by atoms with Gasteiger partial charge in [0, 0.05) is 5.56 Å². The van der Waals surface area contributed by atoms with Gasteiger partial charge in [0.25, 0.3) is 0 Å². The summed E-state index contributed by atoms with van der Waals surface area (Å²) in [5, 5.41) is 9.61. The van der Waals surface area contributed by atoms with Crippen LogP contribution in [0.2, 0.25) is 0 Å². The Balaban J connectivity index is 1.57. The van der Waals surface area contributed by atoms with Gasteiger partial charge in [0.1, 0.15) is 29.6 Å². The molecule has 0 atom stereocenters. The Kier molecular flexibility index (Phi) is 6.58. The van der Waals surface area contributed by atoms with E-state index in [-0.39, 0.29) is 23.9 Å². The lowest BCUT2D eigenvalue weighted by atomic mass is 10.1. The molecule has 0 aliphatic rings. The van der Waals surface area contributed by atoms with Gasteiger partial charge in [-0.1, -0.05) is 0 Å². The molecule has 0 amide bonds. The number of carbonyl (C=O) groups is 1. The molecule has 0 saturated heterocycles. The first-order chi connectivity index (χ1) is 14.1. The summed E-state index contributed by atoms with van der Waals surface area (Å²) in [4.78, 5) is 12.3. The molecule has 0 fully saturated rings. The molecule has 6 nitrogen and oxygen atoms in total. The summed E-state index contributed by atoms with van der Waals surface area (Å²) in [6.07, 6.45) is 2.99. The van der Waals surface area contributed by atoms with Crippen LogP contribution in [0.25, 0.3) is 6.08 Å². The Morgan fingerprint density at radius 3 is 2.45 bits per heavy atom. The third-order valence-corrected chi connectivity index (χ3v) is 4.06. The quantitative estimate of drug-likeness (QED) is 0.412. The highest BCUT2D eigenvalue weighted by atomic mass is 16.5. The minimum absolute atomic E-state index is 0.0174. The zero-order valence-corrected chi connectivity index (χ0v) is 16.3. The maximum atomic E-state index is 12.3. The predicted octanol–water partition coefficient (Wildman–Crippen LogP) is 4.87. The second-order valence-corrected chi connectivity index (χ2v) is 6.08. The number of rotatable bonds is 9. The van der Waals surface area contributed by atoms with Crippen molar-refractivity contribution in [3.63, 3.8) is 0 Å². The normalized spacial score (nSPS) is 10.8. The Labute approximate surface area is 169 Å². The molecule has 0 radical (unpaired) electrons. The van der Waals surface area contributed by atoms with Crippen LogP contribution < -0.4 is 14.2 Å². The van der Waals surface area contributed by atoms with Gasteiger partial charge in [-0.3, -0.25) is 4.79 Å². The summed E-state index contributed by atoms with van der Waals surface area (Å²) in [5.41, 5.74) is 0.404. The molecule has 3 aromatic rings. The van der Waals surface area contributed by atoms with Crippen LogP contribution in [0.15, 0.2) is 65.1 Å². The average Bonchev–Trinajstić information content (AvgIpc) is 3.20. The summed E-state index contributed by atoms with van der Waals surface area (Å²) >= 11 is 0. The fourth-order valence-electron chi connectivity index (χ4n) is 2.60. The van der Waals surface area contributed by atoms with Crippen molar-refractivity contribution < 1.29 is 28.5 Å². The van der Waals surface area contributed by atoms with Crippen molar-refractivity contribution in [2.75, 3.05) is 13.7 Å². The number of ketones is 1. The molecule has 1 N–H and O–H groups in total. The van der Waals surface area contributed by atoms with Gasteiger partial charge in [-0.2, -0.15) is 0 Å². The summed E-state index contributed by atoms with van der Waals surface area (Å²) in [5.74, 6) is 2.67. The van der Waals surface area contributed by atoms with Crippen LogP contribution >= 0.6 is 0 Å². The number of aromatic hydroxyl groups is 1. The first kappa shape index (κ1) is 20.1. The number of carbonyl (C=O) groups excluding carboxylic acids is 1. The molecule has 1 aromatic heterocycles.